The number of halogens is 4. The van der Waals surface area contributed by atoms with Crippen molar-refractivity contribution in [2.75, 3.05) is 19.6 Å². The number of fused-ring (bicyclic) bond motifs is 1. The maximum absolute atomic E-state index is 12.8. The van der Waals surface area contributed by atoms with Gasteiger partial charge in [0.2, 0.25) is 10.0 Å². The summed E-state index contributed by atoms with van der Waals surface area (Å²) in [6, 6.07) is 9.60. The van der Waals surface area contributed by atoms with Crippen LogP contribution in [0.3, 0.4) is 0 Å². The molecular weight excluding hydrogens is 471 g/mol. The normalized spacial score (nSPS) is 14.5. The van der Waals surface area contributed by atoms with E-state index in [9.17, 15) is 31.7 Å². The highest BCUT2D eigenvalue weighted by Gasteiger charge is 2.35. The second-order valence-corrected chi connectivity index (χ2v) is 9.07. The van der Waals surface area contributed by atoms with Crippen LogP contribution in [0.15, 0.2) is 47.4 Å². The third-order valence-corrected chi connectivity index (χ3v) is 6.68. The van der Waals surface area contributed by atoms with Crippen molar-refractivity contribution in [2.24, 2.45) is 0 Å². The number of hydrogen-bond acceptors (Lipinski definition) is 5. The van der Waals surface area contributed by atoms with Gasteiger partial charge in [0.15, 0.2) is 4.90 Å². The molecule has 12 heteroatoms. The first-order chi connectivity index (χ1) is 14.6. The Hall–Kier alpha value is -2.21. The Kier molecular flexibility index (Phi) is 8.63. The first-order valence-corrected chi connectivity index (χ1v) is 11.2. The fourth-order valence-electron chi connectivity index (χ4n) is 3.55. The molecule has 0 fully saturated rings. The maximum Gasteiger partial charge on any atom is 0.416 e. The van der Waals surface area contributed by atoms with E-state index in [0.717, 1.165) is 26.1 Å². The van der Waals surface area contributed by atoms with Crippen molar-refractivity contribution >= 4 is 28.1 Å². The molecule has 0 bridgehead atoms. The van der Waals surface area contributed by atoms with Gasteiger partial charge in [-0.2, -0.15) is 13.2 Å². The number of alkyl halides is 3. The second-order valence-electron chi connectivity index (χ2n) is 7.34. The van der Waals surface area contributed by atoms with E-state index in [1.54, 1.807) is 0 Å². The summed E-state index contributed by atoms with van der Waals surface area (Å²) < 4.78 is 65.4. The average Bonchev–Trinajstić information content (AvgIpc) is 2.72. The highest BCUT2D eigenvalue weighted by molar-refractivity contribution is 7.89. The van der Waals surface area contributed by atoms with Gasteiger partial charge >= 0.3 is 6.18 Å². The lowest BCUT2D eigenvalue weighted by Crippen LogP contribution is -2.32. The minimum Gasteiger partial charge on any atom is -0.299 e. The van der Waals surface area contributed by atoms with Crippen LogP contribution in [-0.2, 0) is 29.2 Å². The van der Waals surface area contributed by atoms with Crippen molar-refractivity contribution in [3.05, 3.63) is 69.3 Å². The van der Waals surface area contributed by atoms with E-state index >= 15 is 0 Å². The molecule has 0 unspecified atom stereocenters. The summed E-state index contributed by atoms with van der Waals surface area (Å²) in [7, 11) is -4.32. The lowest BCUT2D eigenvalue weighted by Gasteiger charge is -2.28. The Bertz CT molecular complexity index is 1060. The average molecular weight is 494 g/mol. The molecule has 32 heavy (non-hydrogen) atoms. The quantitative estimate of drug-likeness (QED) is 0.339. The van der Waals surface area contributed by atoms with Gasteiger partial charge in [0.1, 0.15) is 0 Å². The summed E-state index contributed by atoms with van der Waals surface area (Å²) in [6.45, 7) is 2.56. The van der Waals surface area contributed by atoms with Crippen LogP contribution >= 0.6 is 12.4 Å². The van der Waals surface area contributed by atoms with Gasteiger partial charge in [-0.25, -0.2) is 13.1 Å². The fourth-order valence-corrected chi connectivity index (χ4v) is 4.78. The van der Waals surface area contributed by atoms with Gasteiger partial charge in [-0.3, -0.25) is 15.0 Å². The minimum atomic E-state index is -4.81. The number of unbranched alkanes of at least 4 members (excludes halogenated alkanes) is 1. The number of nitro groups is 1. The summed E-state index contributed by atoms with van der Waals surface area (Å²) in [4.78, 5) is 11.5. The summed E-state index contributed by atoms with van der Waals surface area (Å²) >= 11 is 0. The lowest BCUT2D eigenvalue weighted by atomic mass is 10.00. The number of sulfonamides is 1. The molecule has 2 aromatic rings. The molecule has 0 spiro atoms. The van der Waals surface area contributed by atoms with Crippen molar-refractivity contribution in [3.8, 4) is 0 Å². The molecule has 1 N–H and O–H groups in total. The van der Waals surface area contributed by atoms with Crippen molar-refractivity contribution in [1.29, 1.82) is 0 Å². The summed E-state index contributed by atoms with van der Waals surface area (Å²) in [5, 5.41) is 11.1. The Morgan fingerprint density at radius 2 is 1.78 bits per heavy atom. The fraction of sp³-hybridized carbons (Fsp3) is 0.400. The van der Waals surface area contributed by atoms with Crippen LogP contribution < -0.4 is 4.72 Å². The Labute approximate surface area is 190 Å². The van der Waals surface area contributed by atoms with Crippen LogP contribution in [0.5, 0.6) is 0 Å². The molecule has 1 heterocycles. The first kappa shape index (κ1) is 26.0. The van der Waals surface area contributed by atoms with Gasteiger partial charge < -0.3 is 0 Å². The Balaban J connectivity index is 0.00000363. The predicted octanol–water partition coefficient (Wildman–Crippen LogP) is 4.15. The van der Waals surface area contributed by atoms with Crippen molar-refractivity contribution in [3.63, 3.8) is 0 Å². The van der Waals surface area contributed by atoms with Gasteiger partial charge in [0.05, 0.1) is 10.5 Å². The topological polar surface area (TPSA) is 92.5 Å². The lowest BCUT2D eigenvalue weighted by molar-refractivity contribution is -0.388. The monoisotopic (exact) mass is 493 g/mol. The second kappa shape index (κ2) is 10.6. The number of nitrogens with zero attached hydrogens (tertiary/aromatic N) is 2. The van der Waals surface area contributed by atoms with E-state index in [1.807, 2.05) is 12.1 Å². The van der Waals surface area contributed by atoms with Crippen LogP contribution in [0.1, 0.15) is 29.5 Å². The molecule has 2 aromatic carbocycles. The van der Waals surface area contributed by atoms with Crippen LogP contribution in [0, 0.1) is 10.1 Å². The van der Waals surface area contributed by atoms with E-state index < -0.39 is 37.3 Å². The van der Waals surface area contributed by atoms with Gasteiger partial charge in [-0.05, 0) is 49.1 Å². The number of hydrogen-bond donors (Lipinski definition) is 1. The molecule has 0 aliphatic carbocycles. The SMILES string of the molecule is Cl.O=[N+]([O-])c1cc(C(F)(F)F)ccc1S(=O)(=O)NCCCCN1CCc2ccccc2C1. The number of rotatable bonds is 8. The highest BCUT2D eigenvalue weighted by atomic mass is 35.5. The Morgan fingerprint density at radius 1 is 1.09 bits per heavy atom. The smallest absolute Gasteiger partial charge is 0.299 e. The third-order valence-electron chi connectivity index (χ3n) is 5.18. The summed E-state index contributed by atoms with van der Waals surface area (Å²) in [6.07, 6.45) is -2.65. The molecule has 7 nitrogen and oxygen atoms in total. The zero-order chi connectivity index (χ0) is 22.6. The van der Waals surface area contributed by atoms with Gasteiger partial charge in [0.25, 0.3) is 5.69 Å². The predicted molar refractivity (Wildman–Crippen MR) is 115 cm³/mol. The van der Waals surface area contributed by atoms with Crippen LogP contribution in [-0.4, -0.2) is 37.9 Å². The molecule has 1 aliphatic heterocycles. The molecule has 0 saturated carbocycles. The maximum atomic E-state index is 12.8. The Morgan fingerprint density at radius 3 is 2.44 bits per heavy atom. The molecule has 176 valence electrons. The van der Waals surface area contributed by atoms with Crippen LogP contribution in [0.25, 0.3) is 0 Å². The van der Waals surface area contributed by atoms with Crippen molar-refractivity contribution in [2.45, 2.75) is 36.9 Å². The third kappa shape index (κ3) is 6.41. The molecule has 0 saturated heterocycles. The molecule has 0 aromatic heterocycles. The van der Waals surface area contributed by atoms with Crippen LogP contribution in [0.2, 0.25) is 0 Å². The largest absolute Gasteiger partial charge is 0.416 e. The molecule has 0 radical (unpaired) electrons. The van der Waals surface area contributed by atoms with E-state index in [4.69, 9.17) is 0 Å². The highest BCUT2D eigenvalue weighted by Crippen LogP contribution is 2.34. The van der Waals surface area contributed by atoms with Crippen molar-refractivity contribution in [1.82, 2.24) is 9.62 Å². The zero-order valence-corrected chi connectivity index (χ0v) is 18.6. The van der Waals surface area contributed by atoms with Crippen LogP contribution in [0.4, 0.5) is 18.9 Å². The van der Waals surface area contributed by atoms with Gasteiger partial charge in [-0.1, -0.05) is 24.3 Å². The summed E-state index contributed by atoms with van der Waals surface area (Å²) in [5.74, 6) is 0. The van der Waals surface area contributed by atoms with E-state index in [1.165, 1.54) is 11.1 Å². The molecule has 0 amide bonds. The zero-order valence-electron chi connectivity index (χ0n) is 17.0. The minimum absolute atomic E-state index is 0. The standard InChI is InChI=1S/C20H22F3N3O4S.ClH/c21-20(22,23)17-7-8-19(18(13-17)26(27)28)31(29,30)24-10-3-4-11-25-12-9-15-5-1-2-6-16(15)14-25;/h1-2,5-8,13,24H,3-4,9-12,14H2;1H. The van der Waals surface area contributed by atoms with E-state index in [-0.39, 0.29) is 25.0 Å². The summed E-state index contributed by atoms with van der Waals surface area (Å²) in [5.41, 5.74) is 0.240. The number of benzene rings is 2. The molecule has 0 atom stereocenters. The first-order valence-electron chi connectivity index (χ1n) is 9.72. The van der Waals surface area contributed by atoms with Gasteiger partial charge in [-0.15, -0.1) is 12.4 Å². The number of nitro benzene ring substituents is 1. The van der Waals surface area contributed by atoms with E-state index in [2.05, 4.69) is 21.8 Å². The number of nitrogens with one attached hydrogen (secondary N) is 1. The van der Waals surface area contributed by atoms with E-state index in [0.29, 0.717) is 25.0 Å². The van der Waals surface area contributed by atoms with Crippen molar-refractivity contribution < 1.29 is 26.5 Å². The molecule has 1 aliphatic rings. The van der Waals surface area contributed by atoms with Gasteiger partial charge in [0, 0.05) is 25.7 Å². The molecule has 3 rings (SSSR count). The molecular formula is C20H23ClF3N3O4S.